The molecular formula is C8H16N2O2. The summed E-state index contributed by atoms with van der Waals surface area (Å²) in [4.78, 5) is 12.4. The smallest absolute Gasteiger partial charge is 0.409 e. The second-order valence-corrected chi connectivity index (χ2v) is 3.57. The Morgan fingerprint density at radius 1 is 1.58 bits per heavy atom. The average Bonchev–Trinajstić information content (AvgIpc) is 1.95. The molecule has 4 nitrogen and oxygen atoms in total. The summed E-state index contributed by atoms with van der Waals surface area (Å²) < 4.78 is 4.99. The lowest BCUT2D eigenvalue weighted by atomic mass is 9.82. The second kappa shape index (κ2) is 3.76. The Hall–Kier alpha value is -0.770. The molecule has 0 aromatic carbocycles. The highest BCUT2D eigenvalue weighted by atomic mass is 16.6. The first-order chi connectivity index (χ1) is 5.59. The van der Waals surface area contributed by atoms with Crippen LogP contribution in [0.2, 0.25) is 0 Å². The maximum absolute atomic E-state index is 10.9. The van der Waals surface area contributed by atoms with Gasteiger partial charge in [-0.2, -0.15) is 0 Å². The van der Waals surface area contributed by atoms with Gasteiger partial charge in [-0.3, -0.25) is 0 Å². The van der Waals surface area contributed by atoms with E-state index < -0.39 is 0 Å². The van der Waals surface area contributed by atoms with E-state index in [1.807, 2.05) is 0 Å². The van der Waals surface area contributed by atoms with Crippen LogP contribution in [0.1, 0.15) is 12.8 Å². The molecule has 1 aliphatic carbocycles. The molecule has 0 aromatic heterocycles. The van der Waals surface area contributed by atoms with Crippen LogP contribution in [-0.4, -0.2) is 37.7 Å². The topological polar surface area (TPSA) is 55.6 Å². The van der Waals surface area contributed by atoms with Crippen LogP contribution < -0.4 is 5.73 Å². The second-order valence-electron chi connectivity index (χ2n) is 3.57. The van der Waals surface area contributed by atoms with Crippen LogP contribution >= 0.6 is 0 Å². The van der Waals surface area contributed by atoms with Gasteiger partial charge in [0.1, 0.15) is 0 Å². The fourth-order valence-corrected chi connectivity index (χ4v) is 1.24. The van der Waals surface area contributed by atoms with Crippen LogP contribution in [0.4, 0.5) is 4.79 Å². The molecule has 4 heteroatoms. The van der Waals surface area contributed by atoms with Crippen molar-refractivity contribution < 1.29 is 9.53 Å². The van der Waals surface area contributed by atoms with E-state index in [1.165, 1.54) is 4.90 Å². The number of nitrogens with two attached hydrogens (primary N) is 1. The quantitative estimate of drug-likeness (QED) is 0.656. The Morgan fingerprint density at radius 2 is 2.17 bits per heavy atom. The molecule has 0 bridgehead atoms. The summed E-state index contributed by atoms with van der Waals surface area (Å²) in [5.41, 5.74) is 5.58. The molecule has 70 valence electrons. The molecule has 0 spiro atoms. The molecule has 0 atom stereocenters. The number of hydrogen-bond donors (Lipinski definition) is 1. The van der Waals surface area contributed by atoms with Gasteiger partial charge in [0.2, 0.25) is 0 Å². The first-order valence-corrected chi connectivity index (χ1v) is 4.19. The van der Waals surface area contributed by atoms with Gasteiger partial charge in [0.05, 0.1) is 6.61 Å². The Bertz CT molecular complexity index is 164. The molecule has 0 aliphatic heterocycles. The van der Waals surface area contributed by atoms with Crippen molar-refractivity contribution in [3.05, 3.63) is 0 Å². The minimum atomic E-state index is -0.268. The SMILES string of the molecule is CN(C)C(=O)OCC1CC(N)C1. The maximum Gasteiger partial charge on any atom is 0.409 e. The van der Waals surface area contributed by atoms with Crippen LogP contribution in [0.15, 0.2) is 0 Å². The van der Waals surface area contributed by atoms with Crippen LogP contribution in [-0.2, 0) is 4.74 Å². The molecule has 1 amide bonds. The molecule has 1 saturated carbocycles. The number of hydrogen-bond acceptors (Lipinski definition) is 3. The van der Waals surface area contributed by atoms with Crippen LogP contribution in [0.25, 0.3) is 0 Å². The van der Waals surface area contributed by atoms with Crippen LogP contribution in [0.3, 0.4) is 0 Å². The lowest BCUT2D eigenvalue weighted by Gasteiger charge is -2.31. The minimum Gasteiger partial charge on any atom is -0.449 e. The summed E-state index contributed by atoms with van der Waals surface area (Å²) in [5, 5.41) is 0. The largest absolute Gasteiger partial charge is 0.449 e. The highest BCUT2D eigenvalue weighted by Crippen LogP contribution is 2.25. The molecule has 0 saturated heterocycles. The van der Waals surface area contributed by atoms with Gasteiger partial charge in [-0.25, -0.2) is 4.79 Å². The van der Waals surface area contributed by atoms with Crippen LogP contribution in [0.5, 0.6) is 0 Å². The average molecular weight is 172 g/mol. The summed E-state index contributed by atoms with van der Waals surface area (Å²) in [6, 6.07) is 0.327. The summed E-state index contributed by atoms with van der Waals surface area (Å²) in [7, 11) is 3.35. The lowest BCUT2D eigenvalue weighted by Crippen LogP contribution is -2.39. The van der Waals surface area contributed by atoms with Crippen molar-refractivity contribution in [3.8, 4) is 0 Å². The molecule has 0 radical (unpaired) electrons. The molecule has 1 rings (SSSR count). The minimum absolute atomic E-state index is 0.268. The van der Waals surface area contributed by atoms with Crippen molar-refractivity contribution in [2.45, 2.75) is 18.9 Å². The Morgan fingerprint density at radius 3 is 2.58 bits per heavy atom. The molecule has 12 heavy (non-hydrogen) atoms. The zero-order chi connectivity index (χ0) is 9.14. The summed E-state index contributed by atoms with van der Waals surface area (Å²) in [5.74, 6) is 0.490. The number of rotatable bonds is 2. The van der Waals surface area contributed by atoms with Gasteiger partial charge < -0.3 is 15.4 Å². The standard InChI is InChI=1S/C8H16N2O2/c1-10(2)8(11)12-5-6-3-7(9)4-6/h6-7H,3-5,9H2,1-2H3. The highest BCUT2D eigenvalue weighted by molar-refractivity contribution is 5.66. The van der Waals surface area contributed by atoms with E-state index in [0.29, 0.717) is 18.6 Å². The van der Waals surface area contributed by atoms with Gasteiger partial charge in [-0.1, -0.05) is 0 Å². The molecule has 1 aliphatic rings. The number of ether oxygens (including phenoxy) is 1. The van der Waals surface area contributed by atoms with Crippen molar-refractivity contribution in [1.82, 2.24) is 4.90 Å². The van der Waals surface area contributed by atoms with Crippen molar-refractivity contribution >= 4 is 6.09 Å². The third-order valence-corrected chi connectivity index (χ3v) is 2.08. The van der Waals surface area contributed by atoms with Gasteiger partial charge in [0.15, 0.2) is 0 Å². The van der Waals surface area contributed by atoms with E-state index in [0.717, 1.165) is 12.8 Å². The number of amides is 1. The predicted molar refractivity (Wildman–Crippen MR) is 45.7 cm³/mol. The van der Waals surface area contributed by atoms with Gasteiger partial charge >= 0.3 is 6.09 Å². The maximum atomic E-state index is 10.9. The number of carbonyl (C=O) groups is 1. The fraction of sp³-hybridized carbons (Fsp3) is 0.875. The predicted octanol–water partition coefficient (Wildman–Crippen LogP) is 0.422. The third-order valence-electron chi connectivity index (χ3n) is 2.08. The lowest BCUT2D eigenvalue weighted by molar-refractivity contribution is 0.0769. The Balaban J connectivity index is 2.06. The van der Waals surface area contributed by atoms with Crippen molar-refractivity contribution in [1.29, 1.82) is 0 Å². The monoisotopic (exact) mass is 172 g/mol. The zero-order valence-electron chi connectivity index (χ0n) is 7.62. The number of carbonyl (C=O) groups excluding carboxylic acids is 1. The van der Waals surface area contributed by atoms with E-state index in [2.05, 4.69) is 0 Å². The van der Waals surface area contributed by atoms with Gasteiger partial charge in [0.25, 0.3) is 0 Å². The molecule has 0 heterocycles. The summed E-state index contributed by atoms with van der Waals surface area (Å²) in [6.07, 6.45) is 1.71. The molecule has 1 fully saturated rings. The van der Waals surface area contributed by atoms with Crippen LogP contribution in [0, 0.1) is 5.92 Å². The number of nitrogens with zero attached hydrogens (tertiary/aromatic N) is 1. The van der Waals surface area contributed by atoms with Gasteiger partial charge in [0, 0.05) is 20.1 Å². The van der Waals surface area contributed by atoms with Gasteiger partial charge in [-0.05, 0) is 18.8 Å². The fourth-order valence-electron chi connectivity index (χ4n) is 1.24. The molecular weight excluding hydrogens is 156 g/mol. The molecule has 0 unspecified atom stereocenters. The molecule has 0 aromatic rings. The zero-order valence-corrected chi connectivity index (χ0v) is 7.62. The highest BCUT2D eigenvalue weighted by Gasteiger charge is 2.26. The van der Waals surface area contributed by atoms with E-state index in [1.54, 1.807) is 14.1 Å². The van der Waals surface area contributed by atoms with Gasteiger partial charge in [-0.15, -0.1) is 0 Å². The van der Waals surface area contributed by atoms with Crippen molar-refractivity contribution in [3.63, 3.8) is 0 Å². The van der Waals surface area contributed by atoms with E-state index in [-0.39, 0.29) is 6.09 Å². The van der Waals surface area contributed by atoms with E-state index in [4.69, 9.17) is 10.5 Å². The third kappa shape index (κ3) is 2.37. The van der Waals surface area contributed by atoms with E-state index in [9.17, 15) is 4.79 Å². The van der Waals surface area contributed by atoms with E-state index >= 15 is 0 Å². The summed E-state index contributed by atoms with van der Waals surface area (Å²) >= 11 is 0. The summed E-state index contributed by atoms with van der Waals surface area (Å²) in [6.45, 7) is 0.519. The Kier molecular flexibility index (Phi) is 2.92. The first kappa shape index (κ1) is 9.32. The van der Waals surface area contributed by atoms with Crippen molar-refractivity contribution in [2.24, 2.45) is 11.7 Å². The van der Waals surface area contributed by atoms with Crippen molar-refractivity contribution in [2.75, 3.05) is 20.7 Å². The first-order valence-electron chi connectivity index (χ1n) is 4.19. The normalized spacial score (nSPS) is 27.6. The Labute approximate surface area is 72.7 Å². The molecule has 2 N–H and O–H groups in total.